The second-order valence-corrected chi connectivity index (χ2v) is 13.2. The van der Waals surface area contributed by atoms with Gasteiger partial charge in [-0.3, -0.25) is 0 Å². The van der Waals surface area contributed by atoms with Gasteiger partial charge in [0.1, 0.15) is 5.82 Å². The summed E-state index contributed by atoms with van der Waals surface area (Å²) in [6.07, 6.45) is 0.913. The molecular weight excluding hydrogens is 327 g/mol. The summed E-state index contributed by atoms with van der Waals surface area (Å²) in [5.41, 5.74) is 2.62. The predicted octanol–water partition coefficient (Wildman–Crippen LogP) is 7.01. The van der Waals surface area contributed by atoms with Gasteiger partial charge in [-0.25, -0.2) is 4.39 Å². The summed E-state index contributed by atoms with van der Waals surface area (Å²) < 4.78 is 20.8. The summed E-state index contributed by atoms with van der Waals surface area (Å²) in [5.74, 6) is 0.130. The zero-order valence-electron chi connectivity index (χ0n) is 16.4. The molecule has 1 atom stereocenters. The normalized spacial score (nSPS) is 13.7. The van der Waals surface area contributed by atoms with Crippen LogP contribution in [-0.4, -0.2) is 14.9 Å². The molecule has 1 unspecified atom stereocenters. The summed E-state index contributed by atoms with van der Waals surface area (Å²) in [4.78, 5) is 0. The first-order valence-corrected chi connectivity index (χ1v) is 12.0. The lowest BCUT2D eigenvalue weighted by atomic mass is 9.95. The molecule has 0 radical (unpaired) electrons. The molecule has 0 amide bonds. The van der Waals surface area contributed by atoms with E-state index in [2.05, 4.69) is 40.8 Å². The molecule has 0 aliphatic carbocycles. The van der Waals surface area contributed by atoms with Crippen LogP contribution in [0.15, 0.2) is 48.5 Å². The fourth-order valence-corrected chi connectivity index (χ4v) is 3.62. The van der Waals surface area contributed by atoms with E-state index in [-0.39, 0.29) is 16.8 Å². The third-order valence-electron chi connectivity index (χ3n) is 5.47. The zero-order chi connectivity index (χ0) is 18.7. The van der Waals surface area contributed by atoms with Crippen molar-refractivity contribution in [2.45, 2.75) is 58.2 Å². The van der Waals surface area contributed by atoms with E-state index in [4.69, 9.17) is 4.43 Å². The Morgan fingerprint density at radius 1 is 1.04 bits per heavy atom. The predicted molar refractivity (Wildman–Crippen MR) is 108 cm³/mol. The molecule has 2 aromatic rings. The maximum Gasteiger partial charge on any atom is 0.191 e. The Morgan fingerprint density at radius 2 is 1.68 bits per heavy atom. The lowest BCUT2D eigenvalue weighted by molar-refractivity contribution is 0.274. The lowest BCUT2D eigenvalue weighted by Crippen LogP contribution is -2.41. The molecule has 0 N–H and O–H groups in total. The van der Waals surface area contributed by atoms with Gasteiger partial charge >= 0.3 is 0 Å². The number of rotatable bonds is 6. The third kappa shape index (κ3) is 5.02. The highest BCUT2D eigenvalue weighted by Crippen LogP contribution is 2.37. The van der Waals surface area contributed by atoms with Gasteiger partial charge in [0.05, 0.1) is 0 Å². The minimum Gasteiger partial charge on any atom is -0.417 e. The molecule has 0 aromatic heterocycles. The SMILES string of the molecule is CC(CCO[Si](C)(C)C(C)(C)C)c1ccc(-c2ccccc2)c(F)c1. The molecule has 0 aliphatic heterocycles. The maximum atomic E-state index is 14.5. The molecule has 0 saturated heterocycles. The first-order chi connectivity index (χ1) is 11.6. The number of halogens is 1. The molecule has 136 valence electrons. The van der Waals surface area contributed by atoms with Gasteiger partial charge in [0.15, 0.2) is 8.32 Å². The molecule has 3 heteroatoms. The van der Waals surface area contributed by atoms with Gasteiger partial charge < -0.3 is 4.43 Å². The van der Waals surface area contributed by atoms with Crippen LogP contribution in [0.25, 0.3) is 11.1 Å². The largest absolute Gasteiger partial charge is 0.417 e. The van der Waals surface area contributed by atoms with Crippen LogP contribution >= 0.6 is 0 Å². The van der Waals surface area contributed by atoms with Gasteiger partial charge in [0.25, 0.3) is 0 Å². The molecule has 0 heterocycles. The van der Waals surface area contributed by atoms with Crippen LogP contribution in [0.2, 0.25) is 18.1 Å². The smallest absolute Gasteiger partial charge is 0.191 e. The van der Waals surface area contributed by atoms with Gasteiger partial charge in [0.2, 0.25) is 0 Å². The molecule has 0 aliphatic rings. The molecule has 0 saturated carbocycles. The fraction of sp³-hybridized carbons (Fsp3) is 0.455. The molecule has 0 spiro atoms. The van der Waals surface area contributed by atoms with E-state index in [1.807, 2.05) is 42.5 Å². The Hall–Kier alpha value is -1.45. The summed E-state index contributed by atoms with van der Waals surface area (Å²) in [7, 11) is -1.71. The van der Waals surface area contributed by atoms with Crippen LogP contribution in [0.3, 0.4) is 0 Å². The second-order valence-electron chi connectivity index (χ2n) is 8.40. The van der Waals surface area contributed by atoms with Crippen molar-refractivity contribution < 1.29 is 8.82 Å². The van der Waals surface area contributed by atoms with Crippen LogP contribution in [0.4, 0.5) is 4.39 Å². The van der Waals surface area contributed by atoms with E-state index in [1.54, 1.807) is 6.07 Å². The van der Waals surface area contributed by atoms with Crippen LogP contribution in [0, 0.1) is 5.82 Å². The van der Waals surface area contributed by atoms with E-state index >= 15 is 0 Å². The van der Waals surface area contributed by atoms with Crippen molar-refractivity contribution in [3.8, 4) is 11.1 Å². The minimum atomic E-state index is -1.71. The van der Waals surface area contributed by atoms with E-state index < -0.39 is 8.32 Å². The first-order valence-electron chi connectivity index (χ1n) is 9.10. The summed E-state index contributed by atoms with van der Waals surface area (Å²) in [6.45, 7) is 14.2. The molecule has 2 rings (SSSR count). The number of benzene rings is 2. The van der Waals surface area contributed by atoms with E-state index in [0.29, 0.717) is 5.56 Å². The summed E-state index contributed by atoms with van der Waals surface area (Å²) in [5, 5.41) is 0.222. The molecular formula is C22H31FOSi. The standard InChI is InChI=1S/C22H31FOSi/c1-17(14-15-24-25(5,6)22(2,3)4)19-12-13-20(21(23)16-19)18-10-8-7-9-11-18/h7-13,16-17H,14-15H2,1-6H3. The number of hydrogen-bond acceptors (Lipinski definition) is 1. The van der Waals surface area contributed by atoms with Crippen molar-refractivity contribution in [2.24, 2.45) is 0 Å². The molecule has 25 heavy (non-hydrogen) atoms. The van der Waals surface area contributed by atoms with Gasteiger partial charge in [-0.15, -0.1) is 0 Å². The Labute approximate surface area is 153 Å². The topological polar surface area (TPSA) is 9.23 Å². The van der Waals surface area contributed by atoms with E-state index in [9.17, 15) is 4.39 Å². The Morgan fingerprint density at radius 3 is 2.24 bits per heavy atom. The van der Waals surface area contributed by atoms with Gasteiger partial charge in [0, 0.05) is 12.2 Å². The molecule has 2 aromatic carbocycles. The highest BCUT2D eigenvalue weighted by Gasteiger charge is 2.36. The lowest BCUT2D eigenvalue weighted by Gasteiger charge is -2.36. The van der Waals surface area contributed by atoms with Gasteiger partial charge in [-0.1, -0.05) is 70.2 Å². The van der Waals surface area contributed by atoms with Crippen molar-refractivity contribution in [3.05, 3.63) is 59.9 Å². The average Bonchev–Trinajstić information content (AvgIpc) is 2.54. The summed E-state index contributed by atoms with van der Waals surface area (Å²) >= 11 is 0. The third-order valence-corrected chi connectivity index (χ3v) is 10.0. The van der Waals surface area contributed by atoms with Crippen LogP contribution < -0.4 is 0 Å². The quantitative estimate of drug-likeness (QED) is 0.505. The molecule has 0 bridgehead atoms. The van der Waals surface area contributed by atoms with Crippen molar-refractivity contribution >= 4 is 8.32 Å². The molecule has 1 nitrogen and oxygen atoms in total. The maximum absolute atomic E-state index is 14.5. The number of hydrogen-bond donors (Lipinski definition) is 0. The highest BCUT2D eigenvalue weighted by molar-refractivity contribution is 6.74. The monoisotopic (exact) mass is 358 g/mol. The van der Waals surface area contributed by atoms with Crippen molar-refractivity contribution in [2.75, 3.05) is 6.61 Å². The van der Waals surface area contributed by atoms with Crippen molar-refractivity contribution in [1.29, 1.82) is 0 Å². The highest BCUT2D eigenvalue weighted by atomic mass is 28.4. The van der Waals surface area contributed by atoms with Crippen LogP contribution in [-0.2, 0) is 4.43 Å². The molecule has 0 fully saturated rings. The van der Waals surface area contributed by atoms with Gasteiger partial charge in [-0.05, 0) is 47.7 Å². The van der Waals surface area contributed by atoms with Crippen molar-refractivity contribution in [3.63, 3.8) is 0 Å². The van der Waals surface area contributed by atoms with Crippen molar-refractivity contribution in [1.82, 2.24) is 0 Å². The van der Waals surface area contributed by atoms with E-state index in [0.717, 1.165) is 24.2 Å². The first kappa shape index (κ1) is 19.9. The van der Waals surface area contributed by atoms with E-state index in [1.165, 1.54) is 0 Å². The van der Waals surface area contributed by atoms with Crippen LogP contribution in [0.1, 0.15) is 45.6 Å². The Bertz CT molecular complexity index is 689. The average molecular weight is 359 g/mol. The summed E-state index contributed by atoms with van der Waals surface area (Å²) in [6, 6.07) is 15.3. The fourth-order valence-electron chi connectivity index (χ4n) is 2.56. The van der Waals surface area contributed by atoms with Crippen LogP contribution in [0.5, 0.6) is 0 Å². The second kappa shape index (κ2) is 7.84. The Balaban J connectivity index is 2.01. The zero-order valence-corrected chi connectivity index (χ0v) is 17.4. The van der Waals surface area contributed by atoms with Gasteiger partial charge in [-0.2, -0.15) is 0 Å². The Kier molecular flexibility index (Phi) is 6.23. The minimum absolute atomic E-state index is 0.152.